The van der Waals surface area contributed by atoms with Crippen LogP contribution in [-0.4, -0.2) is 29.8 Å². The van der Waals surface area contributed by atoms with Crippen LogP contribution in [0.3, 0.4) is 0 Å². The zero-order valence-corrected chi connectivity index (χ0v) is 14.5. The van der Waals surface area contributed by atoms with Crippen molar-refractivity contribution in [1.29, 1.82) is 0 Å². The predicted octanol–water partition coefficient (Wildman–Crippen LogP) is 2.88. The number of rotatable bonds is 5. The summed E-state index contributed by atoms with van der Waals surface area (Å²) in [5, 5.41) is 14.0. The summed E-state index contributed by atoms with van der Waals surface area (Å²) in [6.07, 6.45) is 6.22. The molecule has 1 amide bonds. The van der Waals surface area contributed by atoms with Gasteiger partial charge >= 0.3 is 0 Å². The molecular weight excluding hydrogens is 306 g/mol. The normalized spacial score (nSPS) is 38.3. The molecule has 0 radical (unpaired) electrons. The number of aliphatic hydroxyl groups is 1. The van der Waals surface area contributed by atoms with Crippen molar-refractivity contribution in [2.24, 2.45) is 17.3 Å². The molecule has 3 atom stereocenters. The van der Waals surface area contributed by atoms with E-state index in [4.69, 9.17) is 9.15 Å². The van der Waals surface area contributed by atoms with E-state index in [0.717, 1.165) is 32.1 Å². The molecule has 0 aromatic carbocycles. The molecule has 0 aliphatic heterocycles. The summed E-state index contributed by atoms with van der Waals surface area (Å²) in [4.78, 5) is 12.5. The number of furan rings is 1. The Balaban J connectivity index is 1.47. The molecule has 4 fully saturated rings. The first kappa shape index (κ1) is 16.2. The number of hydrogen-bond donors (Lipinski definition) is 2. The SMILES string of the molecule is COCc1ccc(C(=O)N[C@@H](C)C23C[C@H]4C[C@@H](CC(O)(C4)C2)C3)o1. The molecule has 5 heteroatoms. The van der Waals surface area contributed by atoms with Gasteiger partial charge in [-0.15, -0.1) is 0 Å². The number of nitrogens with one attached hydrogen (secondary N) is 1. The van der Waals surface area contributed by atoms with Gasteiger partial charge in [-0.25, -0.2) is 0 Å². The maximum absolute atomic E-state index is 12.5. The molecule has 2 N–H and O–H groups in total. The van der Waals surface area contributed by atoms with E-state index in [1.54, 1.807) is 19.2 Å². The maximum Gasteiger partial charge on any atom is 0.287 e. The lowest BCUT2D eigenvalue weighted by Gasteiger charge is -2.62. The molecule has 132 valence electrons. The van der Waals surface area contributed by atoms with Gasteiger partial charge in [0.2, 0.25) is 0 Å². The molecule has 4 aliphatic rings. The van der Waals surface area contributed by atoms with Crippen molar-refractivity contribution in [3.05, 3.63) is 23.7 Å². The fraction of sp³-hybridized carbons (Fsp3) is 0.737. The molecule has 1 heterocycles. The number of carbonyl (C=O) groups is 1. The Kier molecular flexibility index (Phi) is 3.77. The Morgan fingerprint density at radius 3 is 2.71 bits per heavy atom. The van der Waals surface area contributed by atoms with Crippen molar-refractivity contribution < 1.29 is 19.1 Å². The molecular formula is C19H27NO4. The van der Waals surface area contributed by atoms with Crippen molar-refractivity contribution in [1.82, 2.24) is 5.32 Å². The van der Waals surface area contributed by atoms with Crippen molar-refractivity contribution in [3.63, 3.8) is 0 Å². The molecule has 1 aromatic rings. The standard InChI is InChI=1S/C19H27NO4/c1-12(20-17(21)16-4-3-15(24-16)10-23-2)18-6-13-5-14(7-18)9-19(22,8-13)11-18/h3-4,12-14,22H,5-11H2,1-2H3,(H,20,21)/t12-,13+,14+,18?,19?/m0/s1. The fourth-order valence-corrected chi connectivity index (χ4v) is 5.93. The second kappa shape index (κ2) is 5.60. The number of ether oxygens (including phenoxy) is 1. The first-order valence-electron chi connectivity index (χ1n) is 9.02. The van der Waals surface area contributed by atoms with Crippen LogP contribution in [0.15, 0.2) is 16.5 Å². The van der Waals surface area contributed by atoms with Gasteiger partial charge in [0.05, 0.1) is 5.60 Å². The third-order valence-corrected chi connectivity index (χ3v) is 6.51. The minimum absolute atomic E-state index is 0.0381. The Bertz CT molecular complexity index is 623. The van der Waals surface area contributed by atoms with E-state index in [1.165, 1.54) is 6.42 Å². The van der Waals surface area contributed by atoms with Gasteiger partial charge in [0, 0.05) is 13.2 Å². The quantitative estimate of drug-likeness (QED) is 0.869. The zero-order chi connectivity index (χ0) is 16.9. The molecule has 0 spiro atoms. The highest BCUT2D eigenvalue weighted by atomic mass is 16.5. The van der Waals surface area contributed by atoms with Crippen molar-refractivity contribution in [2.45, 2.75) is 63.7 Å². The number of hydrogen-bond acceptors (Lipinski definition) is 4. The van der Waals surface area contributed by atoms with Gasteiger partial charge in [0.25, 0.3) is 5.91 Å². The predicted molar refractivity (Wildman–Crippen MR) is 88.4 cm³/mol. The lowest BCUT2D eigenvalue weighted by molar-refractivity contribution is -0.171. The largest absolute Gasteiger partial charge is 0.453 e. The Morgan fingerprint density at radius 1 is 1.38 bits per heavy atom. The third-order valence-electron chi connectivity index (χ3n) is 6.51. The van der Waals surface area contributed by atoms with Gasteiger partial charge in [0.1, 0.15) is 12.4 Å². The summed E-state index contributed by atoms with van der Waals surface area (Å²) < 4.78 is 10.6. The summed E-state index contributed by atoms with van der Waals surface area (Å²) in [6.45, 7) is 2.45. The zero-order valence-electron chi connectivity index (χ0n) is 14.5. The van der Waals surface area contributed by atoms with E-state index >= 15 is 0 Å². The van der Waals surface area contributed by atoms with E-state index in [9.17, 15) is 9.90 Å². The van der Waals surface area contributed by atoms with Crippen molar-refractivity contribution >= 4 is 5.91 Å². The van der Waals surface area contributed by atoms with E-state index in [1.807, 2.05) is 0 Å². The lowest BCUT2D eigenvalue weighted by atomic mass is 9.46. The van der Waals surface area contributed by atoms with Crippen LogP contribution in [0, 0.1) is 17.3 Å². The molecule has 5 rings (SSSR count). The first-order valence-corrected chi connectivity index (χ1v) is 9.02. The van der Waals surface area contributed by atoms with Crippen LogP contribution in [0.4, 0.5) is 0 Å². The molecule has 4 aliphatic carbocycles. The van der Waals surface area contributed by atoms with Gasteiger partial charge in [-0.3, -0.25) is 4.79 Å². The molecule has 24 heavy (non-hydrogen) atoms. The van der Waals surface area contributed by atoms with Crippen LogP contribution in [0.25, 0.3) is 0 Å². The van der Waals surface area contributed by atoms with Gasteiger partial charge < -0.3 is 19.6 Å². The van der Waals surface area contributed by atoms with E-state index < -0.39 is 5.60 Å². The molecule has 0 saturated heterocycles. The minimum atomic E-state index is -0.501. The van der Waals surface area contributed by atoms with Gasteiger partial charge in [-0.1, -0.05) is 0 Å². The molecule has 0 unspecified atom stereocenters. The minimum Gasteiger partial charge on any atom is -0.453 e. The van der Waals surface area contributed by atoms with Crippen LogP contribution in [0.5, 0.6) is 0 Å². The summed E-state index contributed by atoms with van der Waals surface area (Å²) in [5.74, 6) is 2.05. The molecule has 4 bridgehead atoms. The Hall–Kier alpha value is -1.33. The molecule has 1 aromatic heterocycles. The average Bonchev–Trinajstić information content (AvgIpc) is 2.93. The Morgan fingerprint density at radius 2 is 2.08 bits per heavy atom. The topological polar surface area (TPSA) is 71.7 Å². The molecule has 4 saturated carbocycles. The summed E-state index contributed by atoms with van der Waals surface area (Å²) in [7, 11) is 1.60. The van der Waals surface area contributed by atoms with Crippen LogP contribution in [0.1, 0.15) is 61.8 Å². The average molecular weight is 333 g/mol. The van der Waals surface area contributed by atoms with Crippen LogP contribution < -0.4 is 5.32 Å². The van der Waals surface area contributed by atoms with E-state index in [2.05, 4.69) is 12.2 Å². The monoisotopic (exact) mass is 333 g/mol. The Labute approximate surface area is 142 Å². The number of amides is 1. The summed E-state index contributed by atoms with van der Waals surface area (Å²) >= 11 is 0. The van der Waals surface area contributed by atoms with Gasteiger partial charge in [-0.05, 0) is 74.8 Å². The van der Waals surface area contributed by atoms with Crippen molar-refractivity contribution in [2.75, 3.05) is 7.11 Å². The highest BCUT2D eigenvalue weighted by Crippen LogP contribution is 2.62. The summed E-state index contributed by atoms with van der Waals surface area (Å²) in [6, 6.07) is 3.51. The van der Waals surface area contributed by atoms with Crippen LogP contribution in [-0.2, 0) is 11.3 Å². The van der Waals surface area contributed by atoms with Crippen LogP contribution in [0.2, 0.25) is 0 Å². The second-order valence-electron chi connectivity index (χ2n) is 8.44. The maximum atomic E-state index is 12.5. The van der Waals surface area contributed by atoms with Crippen molar-refractivity contribution in [3.8, 4) is 0 Å². The van der Waals surface area contributed by atoms with E-state index in [0.29, 0.717) is 30.0 Å². The van der Waals surface area contributed by atoms with Gasteiger partial charge in [0.15, 0.2) is 5.76 Å². The summed E-state index contributed by atoms with van der Waals surface area (Å²) in [5.41, 5.74) is -0.462. The smallest absolute Gasteiger partial charge is 0.287 e. The second-order valence-corrected chi connectivity index (χ2v) is 8.44. The highest BCUT2D eigenvalue weighted by Gasteiger charge is 2.59. The van der Waals surface area contributed by atoms with Gasteiger partial charge in [-0.2, -0.15) is 0 Å². The third kappa shape index (κ3) is 2.68. The lowest BCUT2D eigenvalue weighted by Crippen LogP contribution is -2.61. The highest BCUT2D eigenvalue weighted by molar-refractivity contribution is 5.91. The van der Waals surface area contributed by atoms with Crippen LogP contribution >= 0.6 is 0 Å². The first-order chi connectivity index (χ1) is 11.4. The number of methoxy groups -OCH3 is 1. The molecule has 5 nitrogen and oxygen atoms in total. The number of carbonyl (C=O) groups excluding carboxylic acids is 1. The van der Waals surface area contributed by atoms with E-state index in [-0.39, 0.29) is 17.4 Å². The fourth-order valence-electron chi connectivity index (χ4n) is 5.93.